The molecule has 11 heteroatoms. The first-order valence-corrected chi connectivity index (χ1v) is 12.1. The van der Waals surface area contributed by atoms with Crippen LogP contribution in [0.4, 0.5) is 5.95 Å². The van der Waals surface area contributed by atoms with Gasteiger partial charge in [-0.05, 0) is 62.2 Å². The summed E-state index contributed by atoms with van der Waals surface area (Å²) in [6.07, 6.45) is 2.77. The number of imidazole rings is 1. The van der Waals surface area contributed by atoms with Crippen LogP contribution < -0.4 is 14.2 Å². The van der Waals surface area contributed by atoms with Crippen molar-refractivity contribution < 1.29 is 19.0 Å². The van der Waals surface area contributed by atoms with E-state index in [2.05, 4.69) is 19.9 Å². The molecule has 5 rings (SSSR count). The summed E-state index contributed by atoms with van der Waals surface area (Å²) in [5, 5.41) is 19.6. The minimum atomic E-state index is -0.773. The molecule has 0 bridgehead atoms. The predicted octanol–water partition coefficient (Wildman–Crippen LogP) is 4.68. The lowest BCUT2D eigenvalue weighted by Gasteiger charge is -2.21. The van der Waals surface area contributed by atoms with Gasteiger partial charge in [0.1, 0.15) is 34.7 Å². The lowest BCUT2D eigenvalue weighted by Crippen LogP contribution is -2.17. The van der Waals surface area contributed by atoms with E-state index in [-0.39, 0.29) is 5.25 Å². The first kappa shape index (κ1) is 23.8. The van der Waals surface area contributed by atoms with Gasteiger partial charge in [0.25, 0.3) is 0 Å². The van der Waals surface area contributed by atoms with Crippen LogP contribution in [0.5, 0.6) is 11.5 Å². The van der Waals surface area contributed by atoms with Crippen molar-refractivity contribution in [1.29, 1.82) is 0 Å². The Morgan fingerprint density at radius 2 is 1.78 bits per heavy atom. The van der Waals surface area contributed by atoms with Crippen molar-refractivity contribution in [2.45, 2.75) is 25.2 Å². The van der Waals surface area contributed by atoms with Crippen molar-refractivity contribution in [1.82, 2.24) is 24.1 Å². The van der Waals surface area contributed by atoms with Crippen LogP contribution in [0.3, 0.4) is 0 Å². The van der Waals surface area contributed by atoms with Crippen molar-refractivity contribution >= 4 is 23.5 Å². The fraction of sp³-hybridized carbons (Fsp3) is 0.240. The first-order chi connectivity index (χ1) is 17.5. The van der Waals surface area contributed by atoms with Crippen molar-refractivity contribution in [2.24, 2.45) is 0 Å². The molecule has 0 saturated heterocycles. The van der Waals surface area contributed by atoms with Gasteiger partial charge in [0.05, 0.1) is 25.2 Å². The van der Waals surface area contributed by atoms with Crippen molar-refractivity contribution in [2.75, 3.05) is 18.9 Å². The number of aryl methyl sites for hydroxylation is 1. The molecule has 2 unspecified atom stereocenters. The summed E-state index contributed by atoms with van der Waals surface area (Å²) in [6, 6.07) is 14.9. The molecule has 0 saturated carbocycles. The third kappa shape index (κ3) is 4.27. The van der Waals surface area contributed by atoms with Gasteiger partial charge in [-0.1, -0.05) is 12.1 Å². The molecule has 0 aliphatic rings. The highest BCUT2D eigenvalue weighted by atomic mass is 32.2. The predicted molar refractivity (Wildman–Crippen MR) is 138 cm³/mol. The van der Waals surface area contributed by atoms with Crippen molar-refractivity contribution in [3.05, 3.63) is 72.4 Å². The molecule has 2 atom stereocenters. The highest BCUT2D eigenvalue weighted by Gasteiger charge is 2.26. The van der Waals surface area contributed by atoms with Crippen LogP contribution in [-0.2, 0) is 0 Å². The smallest absolute Gasteiger partial charge is 0.239 e. The number of ether oxygens (including phenoxy) is 2. The molecule has 5 aromatic rings. The average molecular weight is 507 g/mol. The Bertz CT molecular complexity index is 1470. The van der Waals surface area contributed by atoms with E-state index in [1.54, 1.807) is 25.0 Å². The molecule has 1 aromatic carbocycles. The second-order valence-corrected chi connectivity index (χ2v) is 9.26. The lowest BCUT2D eigenvalue weighted by atomic mass is 10.2. The van der Waals surface area contributed by atoms with Gasteiger partial charge in [-0.2, -0.15) is 0 Å². The van der Waals surface area contributed by atoms with Gasteiger partial charge in [-0.15, -0.1) is 10.2 Å². The Labute approximate surface area is 212 Å². The van der Waals surface area contributed by atoms with Gasteiger partial charge in [0, 0.05) is 12.4 Å². The van der Waals surface area contributed by atoms with E-state index in [4.69, 9.17) is 13.9 Å². The molecule has 4 heterocycles. The van der Waals surface area contributed by atoms with Crippen LogP contribution >= 0.6 is 11.9 Å². The van der Waals surface area contributed by atoms with Crippen LogP contribution in [0.2, 0.25) is 0 Å². The number of nitrogens with one attached hydrogen (secondary N) is 1. The van der Waals surface area contributed by atoms with Gasteiger partial charge >= 0.3 is 0 Å². The molecule has 0 aliphatic carbocycles. The molecule has 0 radical (unpaired) electrons. The SMILES string of the molecule is COc1cccc(OC)c1-n1c(NSC(C)C(O)c2cccc3nccn23)nnc1-c1ccc(C)o1. The van der Waals surface area contributed by atoms with Gasteiger partial charge in [-0.3, -0.25) is 9.29 Å². The van der Waals surface area contributed by atoms with E-state index in [1.807, 2.05) is 73.0 Å². The zero-order valence-electron chi connectivity index (χ0n) is 20.2. The molecule has 0 aliphatic heterocycles. The number of para-hydroxylation sites is 1. The summed E-state index contributed by atoms with van der Waals surface area (Å²) in [5.41, 5.74) is 2.14. The molecular formula is C25H26N6O4S. The number of hydrogen-bond donors (Lipinski definition) is 2. The number of aliphatic hydroxyl groups is 1. The highest BCUT2D eigenvalue weighted by Crippen LogP contribution is 2.39. The van der Waals surface area contributed by atoms with E-state index in [9.17, 15) is 5.11 Å². The van der Waals surface area contributed by atoms with Crippen LogP contribution in [-0.4, -0.2) is 48.7 Å². The third-order valence-corrected chi connectivity index (χ3v) is 6.72. The first-order valence-electron chi connectivity index (χ1n) is 11.3. The lowest BCUT2D eigenvalue weighted by molar-refractivity contribution is 0.173. The molecule has 0 fully saturated rings. The van der Waals surface area contributed by atoms with Gasteiger partial charge in [0.15, 0.2) is 5.76 Å². The summed E-state index contributed by atoms with van der Waals surface area (Å²) in [6.45, 7) is 3.80. The quantitative estimate of drug-likeness (QED) is 0.275. The zero-order chi connectivity index (χ0) is 25.2. The Morgan fingerprint density at radius 3 is 2.47 bits per heavy atom. The molecule has 2 N–H and O–H groups in total. The van der Waals surface area contributed by atoms with E-state index in [0.717, 1.165) is 17.1 Å². The van der Waals surface area contributed by atoms with Crippen LogP contribution in [0, 0.1) is 6.92 Å². The number of hydrogen-bond acceptors (Lipinski definition) is 9. The summed E-state index contributed by atoms with van der Waals surface area (Å²) in [4.78, 5) is 4.30. The maximum absolute atomic E-state index is 11.1. The maximum atomic E-state index is 11.1. The highest BCUT2D eigenvalue weighted by molar-refractivity contribution is 8.01. The number of pyridine rings is 1. The minimum Gasteiger partial charge on any atom is -0.494 e. The standard InChI is InChI=1S/C25H26N6O4S/c1-15-11-12-20(35-15)24-27-28-25(31(24)22-18(33-3)8-6-9-19(22)34-4)29-36-16(2)23(32)17-7-5-10-21-26-13-14-30(17)21/h5-14,16,23,32H,1-4H3,(H,28,29). The number of aromatic nitrogens is 5. The Kier molecular flexibility index (Phi) is 6.57. The molecule has 0 amide bonds. The van der Waals surface area contributed by atoms with Crippen molar-refractivity contribution in [3.8, 4) is 28.8 Å². The van der Waals surface area contributed by atoms with Crippen LogP contribution in [0.1, 0.15) is 24.5 Å². The minimum absolute atomic E-state index is 0.253. The van der Waals surface area contributed by atoms with Gasteiger partial charge in [-0.25, -0.2) is 4.98 Å². The van der Waals surface area contributed by atoms with Gasteiger partial charge in [0.2, 0.25) is 11.8 Å². The Morgan fingerprint density at radius 1 is 1.03 bits per heavy atom. The van der Waals surface area contributed by atoms with E-state index < -0.39 is 6.10 Å². The Balaban J connectivity index is 1.50. The van der Waals surface area contributed by atoms with Crippen LogP contribution in [0.15, 0.2) is 65.3 Å². The number of fused-ring (bicyclic) bond motifs is 1. The second kappa shape index (κ2) is 9.96. The number of nitrogens with zero attached hydrogens (tertiary/aromatic N) is 5. The molecule has 0 spiro atoms. The monoisotopic (exact) mass is 506 g/mol. The molecule has 186 valence electrons. The van der Waals surface area contributed by atoms with E-state index in [1.165, 1.54) is 11.9 Å². The number of benzene rings is 1. The fourth-order valence-electron chi connectivity index (χ4n) is 3.99. The summed E-state index contributed by atoms with van der Waals surface area (Å²) in [7, 11) is 3.19. The molecule has 10 nitrogen and oxygen atoms in total. The number of methoxy groups -OCH3 is 2. The van der Waals surface area contributed by atoms with E-state index >= 15 is 0 Å². The summed E-state index contributed by atoms with van der Waals surface area (Å²) >= 11 is 1.32. The van der Waals surface area contributed by atoms with Crippen molar-refractivity contribution in [3.63, 3.8) is 0 Å². The fourth-order valence-corrected chi connectivity index (χ4v) is 4.68. The summed E-state index contributed by atoms with van der Waals surface area (Å²) in [5.74, 6) is 3.35. The summed E-state index contributed by atoms with van der Waals surface area (Å²) < 4.78 is 24.1. The number of rotatable bonds is 9. The number of aliphatic hydroxyl groups excluding tert-OH is 1. The molecule has 4 aromatic heterocycles. The number of furan rings is 1. The number of anilines is 1. The molecular weight excluding hydrogens is 480 g/mol. The zero-order valence-corrected chi connectivity index (χ0v) is 21.1. The third-order valence-electron chi connectivity index (χ3n) is 5.79. The largest absolute Gasteiger partial charge is 0.494 e. The van der Waals surface area contributed by atoms with Crippen LogP contribution in [0.25, 0.3) is 22.9 Å². The average Bonchev–Trinajstić information content (AvgIpc) is 3.65. The van der Waals surface area contributed by atoms with E-state index in [0.29, 0.717) is 34.7 Å². The normalized spacial score (nSPS) is 13.0. The second-order valence-electron chi connectivity index (χ2n) is 8.08. The molecule has 36 heavy (non-hydrogen) atoms. The Hall–Kier alpha value is -3.96. The maximum Gasteiger partial charge on any atom is 0.239 e. The topological polar surface area (TPSA) is 112 Å². The van der Waals surface area contributed by atoms with Gasteiger partial charge < -0.3 is 23.4 Å².